The lowest BCUT2D eigenvalue weighted by Gasteiger charge is -2.33. The smallest absolute Gasteiger partial charge is 0.258 e. The first kappa shape index (κ1) is 20.5. The summed E-state index contributed by atoms with van der Waals surface area (Å²) in [7, 11) is 6.98. The van der Waals surface area contributed by atoms with E-state index >= 15 is 0 Å². The van der Waals surface area contributed by atoms with Gasteiger partial charge in [0.05, 0.1) is 34.4 Å². The summed E-state index contributed by atoms with van der Waals surface area (Å²) in [5, 5.41) is 0. The first-order valence-electron chi connectivity index (χ1n) is 10.2. The van der Waals surface area contributed by atoms with Gasteiger partial charge in [0.2, 0.25) is 5.75 Å². The van der Waals surface area contributed by atoms with Gasteiger partial charge in [0.1, 0.15) is 6.04 Å². The van der Waals surface area contributed by atoms with E-state index in [0.717, 1.165) is 25.8 Å². The van der Waals surface area contributed by atoms with Gasteiger partial charge in [-0.25, -0.2) is 0 Å². The molecular formula is C22H33N2O4+. The van der Waals surface area contributed by atoms with Crippen molar-refractivity contribution < 1.29 is 23.9 Å². The molecule has 3 rings (SSSR count). The van der Waals surface area contributed by atoms with E-state index in [4.69, 9.17) is 14.2 Å². The molecule has 1 aromatic rings. The van der Waals surface area contributed by atoms with Gasteiger partial charge >= 0.3 is 0 Å². The van der Waals surface area contributed by atoms with Gasteiger partial charge in [0.15, 0.2) is 11.5 Å². The Bertz CT molecular complexity index is 721. The molecule has 3 atom stereocenters. The number of methoxy groups -OCH3 is 3. The van der Waals surface area contributed by atoms with Crippen molar-refractivity contribution in [3.05, 3.63) is 29.5 Å². The first-order valence-corrected chi connectivity index (χ1v) is 10.2. The Balaban J connectivity index is 1.95. The minimum absolute atomic E-state index is 0.00194. The van der Waals surface area contributed by atoms with Crippen molar-refractivity contribution >= 4 is 5.91 Å². The predicted octanol–water partition coefficient (Wildman–Crippen LogP) is 2.29. The second-order valence-corrected chi connectivity index (χ2v) is 7.71. The molecule has 0 radical (unpaired) electrons. The van der Waals surface area contributed by atoms with E-state index in [0.29, 0.717) is 34.9 Å². The van der Waals surface area contributed by atoms with Crippen molar-refractivity contribution in [2.75, 3.05) is 34.9 Å². The summed E-state index contributed by atoms with van der Waals surface area (Å²) in [6.45, 7) is 2.88. The van der Waals surface area contributed by atoms with Crippen molar-refractivity contribution in [2.24, 2.45) is 0 Å². The lowest BCUT2D eigenvalue weighted by atomic mass is 10.0. The van der Waals surface area contributed by atoms with E-state index in [1.807, 2.05) is 4.90 Å². The molecule has 154 valence electrons. The number of amides is 1. The molecule has 1 amide bonds. The monoisotopic (exact) mass is 389 g/mol. The van der Waals surface area contributed by atoms with Gasteiger partial charge in [0, 0.05) is 37.1 Å². The Morgan fingerprint density at radius 3 is 2.36 bits per heavy atom. The number of hydrogen-bond donors (Lipinski definition) is 1. The molecule has 0 aromatic heterocycles. The molecule has 1 fully saturated rings. The van der Waals surface area contributed by atoms with Crippen molar-refractivity contribution in [2.45, 2.75) is 51.1 Å². The van der Waals surface area contributed by atoms with E-state index < -0.39 is 0 Å². The van der Waals surface area contributed by atoms with Crippen LogP contribution in [0.15, 0.2) is 23.9 Å². The molecule has 2 aliphatic heterocycles. The number of carbonyl (C=O) groups excluding carboxylic acids is 1. The summed E-state index contributed by atoms with van der Waals surface area (Å²) in [5.74, 6) is 1.50. The molecule has 6 heteroatoms. The largest absolute Gasteiger partial charge is 0.493 e. The van der Waals surface area contributed by atoms with Crippen molar-refractivity contribution in [1.29, 1.82) is 0 Å². The number of rotatable bonds is 8. The number of quaternary nitrogens is 1. The van der Waals surface area contributed by atoms with Crippen LogP contribution in [0, 0.1) is 0 Å². The Kier molecular flexibility index (Phi) is 6.50. The van der Waals surface area contributed by atoms with Crippen LogP contribution >= 0.6 is 0 Å². The first-order chi connectivity index (χ1) is 13.5. The summed E-state index contributed by atoms with van der Waals surface area (Å²) >= 11 is 0. The summed E-state index contributed by atoms with van der Waals surface area (Å²) in [6.07, 6.45) is 7.75. The topological polar surface area (TPSA) is 52.4 Å². The van der Waals surface area contributed by atoms with E-state index in [1.54, 1.807) is 38.4 Å². The van der Waals surface area contributed by atoms with Gasteiger partial charge in [-0.2, -0.15) is 0 Å². The zero-order valence-electron chi connectivity index (χ0n) is 17.7. The molecule has 2 heterocycles. The lowest BCUT2D eigenvalue weighted by molar-refractivity contribution is -0.912. The quantitative estimate of drug-likeness (QED) is 0.741. The average molecular weight is 390 g/mol. The Hall–Kier alpha value is -2.21. The Morgan fingerprint density at radius 1 is 1.14 bits per heavy atom. The van der Waals surface area contributed by atoms with Crippen LogP contribution in [0.4, 0.5) is 0 Å². The lowest BCUT2D eigenvalue weighted by Crippen LogP contribution is -3.14. The minimum Gasteiger partial charge on any atom is -0.493 e. The maximum Gasteiger partial charge on any atom is 0.258 e. The van der Waals surface area contributed by atoms with Gasteiger partial charge in [-0.1, -0.05) is 13.3 Å². The van der Waals surface area contributed by atoms with Crippen LogP contribution < -0.4 is 19.1 Å². The number of unbranched alkanes of at least 4 members (excludes halogenated alkanes) is 1. The molecule has 6 nitrogen and oxygen atoms in total. The molecule has 28 heavy (non-hydrogen) atoms. The Labute approximate surface area is 168 Å². The van der Waals surface area contributed by atoms with Crippen LogP contribution in [0.25, 0.3) is 0 Å². The maximum atomic E-state index is 13.5. The third-order valence-corrected chi connectivity index (χ3v) is 6.14. The van der Waals surface area contributed by atoms with Crippen LogP contribution in [0.5, 0.6) is 17.2 Å². The van der Waals surface area contributed by atoms with Crippen LogP contribution in [0.3, 0.4) is 0 Å². The Morgan fingerprint density at radius 2 is 1.82 bits per heavy atom. The highest BCUT2D eigenvalue weighted by molar-refractivity contribution is 5.96. The number of hydrogen-bond acceptors (Lipinski definition) is 4. The zero-order valence-corrected chi connectivity index (χ0v) is 17.7. The fourth-order valence-electron chi connectivity index (χ4n) is 4.42. The van der Waals surface area contributed by atoms with Crippen molar-refractivity contribution in [3.8, 4) is 17.2 Å². The third kappa shape index (κ3) is 3.83. The van der Waals surface area contributed by atoms with Gasteiger partial charge in [0.25, 0.3) is 5.91 Å². The predicted molar refractivity (Wildman–Crippen MR) is 108 cm³/mol. The maximum absolute atomic E-state index is 13.5. The molecular weight excluding hydrogens is 356 g/mol. The SMILES string of the molecule is CCCCN(C(=O)c1cc(OC)c(OC)c(OC)c1)C1=C[C@@H]2CC[C@H](C1)[NH+]2C. The normalized spacial score (nSPS) is 23.2. The second-order valence-electron chi connectivity index (χ2n) is 7.71. The third-order valence-electron chi connectivity index (χ3n) is 6.14. The molecule has 0 saturated carbocycles. The summed E-state index contributed by atoms with van der Waals surface area (Å²) < 4.78 is 16.3. The van der Waals surface area contributed by atoms with Gasteiger partial charge in [-0.15, -0.1) is 0 Å². The summed E-state index contributed by atoms with van der Waals surface area (Å²) in [5.41, 5.74) is 1.73. The van der Waals surface area contributed by atoms with Crippen LogP contribution in [-0.2, 0) is 0 Å². The van der Waals surface area contributed by atoms with Crippen LogP contribution in [0.2, 0.25) is 0 Å². The highest BCUT2D eigenvalue weighted by Gasteiger charge is 2.40. The minimum atomic E-state index is -0.00194. The molecule has 1 saturated heterocycles. The van der Waals surface area contributed by atoms with Crippen molar-refractivity contribution in [1.82, 2.24) is 4.90 Å². The molecule has 1 N–H and O–H groups in total. The number of ether oxygens (including phenoxy) is 3. The number of nitrogens with zero attached hydrogens (tertiary/aromatic N) is 1. The van der Waals surface area contributed by atoms with E-state index in [9.17, 15) is 4.79 Å². The number of benzene rings is 1. The highest BCUT2D eigenvalue weighted by atomic mass is 16.5. The fraction of sp³-hybridized carbons (Fsp3) is 0.591. The number of fused-ring (bicyclic) bond motifs is 2. The van der Waals surface area contributed by atoms with Gasteiger partial charge < -0.3 is 24.0 Å². The van der Waals surface area contributed by atoms with Crippen LogP contribution in [0.1, 0.15) is 49.4 Å². The van der Waals surface area contributed by atoms with Crippen LogP contribution in [-0.4, -0.2) is 57.8 Å². The fourth-order valence-corrected chi connectivity index (χ4v) is 4.42. The standard InChI is InChI=1S/C22H32N2O4/c1-6-7-10-24(18-13-16-8-9-17(14-18)23(16)2)22(25)15-11-19(26-3)21(28-5)20(12-15)27-4/h11-13,16-17H,6-10,14H2,1-5H3/p+1/t16-,17+/m0/s1. The highest BCUT2D eigenvalue weighted by Crippen LogP contribution is 2.39. The average Bonchev–Trinajstić information content (AvgIpc) is 2.93. The molecule has 2 bridgehead atoms. The van der Waals surface area contributed by atoms with Crippen molar-refractivity contribution in [3.63, 3.8) is 0 Å². The number of nitrogens with one attached hydrogen (secondary N) is 1. The van der Waals surface area contributed by atoms with E-state index in [1.165, 1.54) is 18.5 Å². The van der Waals surface area contributed by atoms with E-state index in [2.05, 4.69) is 20.0 Å². The van der Waals surface area contributed by atoms with Gasteiger partial charge in [-0.05, 0) is 24.6 Å². The molecule has 0 spiro atoms. The zero-order chi connectivity index (χ0) is 20.3. The second kappa shape index (κ2) is 8.86. The number of likely N-dealkylation sites (N-methyl/N-ethyl adjacent to an activating group) is 1. The molecule has 0 aliphatic carbocycles. The summed E-state index contributed by atoms with van der Waals surface area (Å²) in [6, 6.07) is 4.63. The molecule has 2 aliphatic rings. The van der Waals surface area contributed by atoms with Gasteiger partial charge in [-0.3, -0.25) is 4.79 Å². The molecule has 1 unspecified atom stereocenters. The number of carbonyl (C=O) groups is 1. The van der Waals surface area contributed by atoms with E-state index in [-0.39, 0.29) is 5.91 Å². The summed E-state index contributed by atoms with van der Waals surface area (Å²) in [4.78, 5) is 17.1. The molecule has 1 aromatic carbocycles.